The van der Waals surface area contributed by atoms with Crippen molar-refractivity contribution < 1.29 is 4.79 Å². The van der Waals surface area contributed by atoms with Gasteiger partial charge in [0.05, 0.1) is 0 Å². The predicted octanol–water partition coefficient (Wildman–Crippen LogP) is 1.61. The molecule has 1 aliphatic heterocycles. The minimum absolute atomic E-state index is 0.182. The third-order valence-corrected chi connectivity index (χ3v) is 3.62. The first kappa shape index (κ1) is 16.4. The van der Waals surface area contributed by atoms with Gasteiger partial charge in [0.15, 0.2) is 0 Å². The van der Waals surface area contributed by atoms with Gasteiger partial charge in [0.2, 0.25) is 5.91 Å². The lowest BCUT2D eigenvalue weighted by molar-refractivity contribution is -0.121. The Labute approximate surface area is 118 Å². The minimum Gasteiger partial charge on any atom is -0.354 e. The van der Waals surface area contributed by atoms with Gasteiger partial charge in [-0.1, -0.05) is 6.92 Å². The summed E-state index contributed by atoms with van der Waals surface area (Å²) in [6.07, 6.45) is 4.34. The second kappa shape index (κ2) is 9.32. The Morgan fingerprint density at radius 2 is 2.00 bits per heavy atom. The standard InChI is InChI=1S/C15H31N3O/c1-4-10-18(11-7-15(19)17-13(2)3)12-14-5-8-16-9-6-14/h13-14,16H,4-12H2,1-3H3,(H,17,19). The minimum atomic E-state index is 0.182. The fourth-order valence-corrected chi connectivity index (χ4v) is 2.69. The van der Waals surface area contributed by atoms with Crippen LogP contribution in [0.25, 0.3) is 0 Å². The third kappa shape index (κ3) is 7.53. The predicted molar refractivity (Wildman–Crippen MR) is 80.2 cm³/mol. The number of hydrogen-bond donors (Lipinski definition) is 2. The van der Waals surface area contributed by atoms with E-state index in [9.17, 15) is 4.79 Å². The first-order valence-corrected chi connectivity index (χ1v) is 7.84. The van der Waals surface area contributed by atoms with Crippen LogP contribution in [0.1, 0.15) is 46.5 Å². The van der Waals surface area contributed by atoms with Gasteiger partial charge < -0.3 is 15.5 Å². The van der Waals surface area contributed by atoms with E-state index in [1.54, 1.807) is 0 Å². The van der Waals surface area contributed by atoms with E-state index in [0.717, 1.165) is 45.1 Å². The van der Waals surface area contributed by atoms with E-state index in [1.807, 2.05) is 13.8 Å². The van der Waals surface area contributed by atoms with Gasteiger partial charge in [0.25, 0.3) is 0 Å². The molecule has 0 radical (unpaired) electrons. The zero-order valence-corrected chi connectivity index (χ0v) is 12.9. The molecule has 1 fully saturated rings. The van der Waals surface area contributed by atoms with Crippen LogP contribution in [0.5, 0.6) is 0 Å². The molecule has 1 aliphatic rings. The number of carbonyl (C=O) groups excluding carboxylic acids is 1. The van der Waals surface area contributed by atoms with E-state index in [-0.39, 0.29) is 11.9 Å². The highest BCUT2D eigenvalue weighted by Gasteiger charge is 2.17. The first-order chi connectivity index (χ1) is 9.11. The summed E-state index contributed by atoms with van der Waals surface area (Å²) in [4.78, 5) is 14.2. The van der Waals surface area contributed by atoms with Crippen molar-refractivity contribution in [1.29, 1.82) is 0 Å². The Hall–Kier alpha value is -0.610. The molecule has 0 saturated carbocycles. The molecule has 0 aromatic heterocycles. The SMILES string of the molecule is CCCN(CCC(=O)NC(C)C)CC1CCNCC1. The average Bonchev–Trinajstić information content (AvgIpc) is 2.37. The lowest BCUT2D eigenvalue weighted by Gasteiger charge is -2.29. The second-order valence-electron chi connectivity index (χ2n) is 5.97. The number of rotatable bonds is 8. The highest BCUT2D eigenvalue weighted by atomic mass is 16.1. The molecular formula is C15H31N3O. The van der Waals surface area contributed by atoms with Crippen LogP contribution in [0.4, 0.5) is 0 Å². The van der Waals surface area contributed by atoms with E-state index in [1.165, 1.54) is 12.8 Å². The van der Waals surface area contributed by atoms with Crippen LogP contribution in [0.15, 0.2) is 0 Å². The van der Waals surface area contributed by atoms with E-state index in [4.69, 9.17) is 0 Å². The second-order valence-corrected chi connectivity index (χ2v) is 5.97. The van der Waals surface area contributed by atoms with Crippen LogP contribution in [0.3, 0.4) is 0 Å². The van der Waals surface area contributed by atoms with Gasteiger partial charge >= 0.3 is 0 Å². The molecule has 1 rings (SSSR count). The average molecular weight is 269 g/mol. The van der Waals surface area contributed by atoms with Crippen LogP contribution >= 0.6 is 0 Å². The molecule has 19 heavy (non-hydrogen) atoms. The van der Waals surface area contributed by atoms with Gasteiger partial charge in [-0.15, -0.1) is 0 Å². The maximum absolute atomic E-state index is 11.7. The third-order valence-electron chi connectivity index (χ3n) is 3.62. The summed E-state index contributed by atoms with van der Waals surface area (Å²) in [5.74, 6) is 0.988. The molecular weight excluding hydrogens is 238 g/mol. The summed E-state index contributed by atoms with van der Waals surface area (Å²) < 4.78 is 0. The molecule has 1 saturated heterocycles. The fraction of sp³-hybridized carbons (Fsp3) is 0.933. The van der Waals surface area contributed by atoms with Crippen molar-refractivity contribution in [2.45, 2.75) is 52.5 Å². The van der Waals surface area contributed by atoms with Gasteiger partial charge in [-0.05, 0) is 58.7 Å². The Morgan fingerprint density at radius 1 is 1.32 bits per heavy atom. The number of amides is 1. The zero-order chi connectivity index (χ0) is 14.1. The Balaban J connectivity index is 2.28. The van der Waals surface area contributed by atoms with E-state index in [0.29, 0.717) is 6.42 Å². The van der Waals surface area contributed by atoms with Crippen LogP contribution in [0.2, 0.25) is 0 Å². The van der Waals surface area contributed by atoms with Crippen molar-refractivity contribution in [1.82, 2.24) is 15.5 Å². The highest BCUT2D eigenvalue weighted by molar-refractivity contribution is 5.76. The molecule has 1 heterocycles. The largest absolute Gasteiger partial charge is 0.354 e. The highest BCUT2D eigenvalue weighted by Crippen LogP contribution is 2.13. The van der Waals surface area contributed by atoms with Crippen LogP contribution in [-0.2, 0) is 4.79 Å². The first-order valence-electron chi connectivity index (χ1n) is 7.84. The molecule has 1 amide bonds. The number of hydrogen-bond acceptors (Lipinski definition) is 3. The van der Waals surface area contributed by atoms with Crippen molar-refractivity contribution >= 4 is 5.91 Å². The van der Waals surface area contributed by atoms with Crippen molar-refractivity contribution in [3.63, 3.8) is 0 Å². The number of nitrogens with zero attached hydrogens (tertiary/aromatic N) is 1. The molecule has 4 heteroatoms. The van der Waals surface area contributed by atoms with Gasteiger partial charge in [-0.3, -0.25) is 4.79 Å². The summed E-state index contributed by atoms with van der Waals surface area (Å²) in [6.45, 7) is 11.7. The monoisotopic (exact) mass is 269 g/mol. The number of carbonyl (C=O) groups is 1. The van der Waals surface area contributed by atoms with Crippen LogP contribution in [-0.4, -0.2) is 49.6 Å². The lowest BCUT2D eigenvalue weighted by atomic mass is 9.97. The molecule has 0 unspecified atom stereocenters. The number of nitrogens with one attached hydrogen (secondary N) is 2. The van der Waals surface area contributed by atoms with E-state index >= 15 is 0 Å². The quantitative estimate of drug-likeness (QED) is 0.704. The summed E-state index contributed by atoms with van der Waals surface area (Å²) in [7, 11) is 0. The summed E-state index contributed by atoms with van der Waals surface area (Å²) in [6, 6.07) is 0.247. The van der Waals surface area contributed by atoms with Crippen molar-refractivity contribution in [2.75, 3.05) is 32.7 Å². The molecule has 0 spiro atoms. The van der Waals surface area contributed by atoms with E-state index in [2.05, 4.69) is 22.5 Å². The lowest BCUT2D eigenvalue weighted by Crippen LogP contribution is -2.39. The molecule has 0 aromatic carbocycles. The smallest absolute Gasteiger partial charge is 0.221 e. The van der Waals surface area contributed by atoms with Crippen LogP contribution in [0, 0.1) is 5.92 Å². The van der Waals surface area contributed by atoms with Gasteiger partial charge in [0, 0.05) is 25.6 Å². The molecule has 2 N–H and O–H groups in total. The Kier molecular flexibility index (Phi) is 8.07. The number of piperidine rings is 1. The fourth-order valence-electron chi connectivity index (χ4n) is 2.69. The Bertz CT molecular complexity index is 250. The Morgan fingerprint density at radius 3 is 2.58 bits per heavy atom. The zero-order valence-electron chi connectivity index (χ0n) is 12.9. The van der Waals surface area contributed by atoms with Crippen molar-refractivity contribution in [3.05, 3.63) is 0 Å². The van der Waals surface area contributed by atoms with Crippen molar-refractivity contribution in [3.8, 4) is 0 Å². The molecule has 0 aromatic rings. The molecule has 0 atom stereocenters. The maximum Gasteiger partial charge on any atom is 0.221 e. The van der Waals surface area contributed by atoms with Crippen LogP contribution < -0.4 is 10.6 Å². The van der Waals surface area contributed by atoms with Gasteiger partial charge in [-0.2, -0.15) is 0 Å². The van der Waals surface area contributed by atoms with Gasteiger partial charge in [0.1, 0.15) is 0 Å². The maximum atomic E-state index is 11.7. The summed E-state index contributed by atoms with van der Waals surface area (Å²) in [5.41, 5.74) is 0. The molecule has 0 bridgehead atoms. The summed E-state index contributed by atoms with van der Waals surface area (Å²) in [5, 5.41) is 6.38. The van der Waals surface area contributed by atoms with Gasteiger partial charge in [-0.25, -0.2) is 0 Å². The molecule has 0 aliphatic carbocycles. The topological polar surface area (TPSA) is 44.4 Å². The van der Waals surface area contributed by atoms with E-state index < -0.39 is 0 Å². The normalized spacial score (nSPS) is 17.1. The molecule has 4 nitrogen and oxygen atoms in total. The molecule has 112 valence electrons. The van der Waals surface area contributed by atoms with Crippen molar-refractivity contribution in [2.24, 2.45) is 5.92 Å². The summed E-state index contributed by atoms with van der Waals surface area (Å²) >= 11 is 0.